The summed E-state index contributed by atoms with van der Waals surface area (Å²) in [5, 5.41) is 0. The molecule has 0 aromatic carbocycles. The molecule has 1 aromatic heterocycles. The highest BCUT2D eigenvalue weighted by Crippen LogP contribution is 2.38. The van der Waals surface area contributed by atoms with Crippen molar-refractivity contribution in [3.05, 3.63) is 16.0 Å². The van der Waals surface area contributed by atoms with E-state index in [1.807, 2.05) is 0 Å². The van der Waals surface area contributed by atoms with Crippen molar-refractivity contribution in [2.24, 2.45) is 0 Å². The van der Waals surface area contributed by atoms with E-state index in [1.54, 1.807) is 0 Å². The highest BCUT2D eigenvalue weighted by atomic mass is 79.9. The van der Waals surface area contributed by atoms with Crippen molar-refractivity contribution < 1.29 is 8.42 Å². The topological polar surface area (TPSA) is 85.9 Å². The standard InChI is InChI=1S/C11H16BrN3O2S/c1-18(16,17)6-8-14-10(7-4-2-3-5-7)9(12)11(13)15-8/h7H,2-6H2,1H3,(H2,13,14,15). The Morgan fingerprint density at radius 1 is 1.33 bits per heavy atom. The summed E-state index contributed by atoms with van der Waals surface area (Å²) in [6, 6.07) is 0. The van der Waals surface area contributed by atoms with Gasteiger partial charge in [0.1, 0.15) is 17.4 Å². The maximum absolute atomic E-state index is 11.3. The molecule has 5 nitrogen and oxygen atoms in total. The van der Waals surface area contributed by atoms with Crippen LogP contribution in [0.1, 0.15) is 43.1 Å². The number of hydrogen-bond donors (Lipinski definition) is 1. The first kappa shape index (κ1) is 13.7. The summed E-state index contributed by atoms with van der Waals surface area (Å²) in [6.45, 7) is 0. The highest BCUT2D eigenvalue weighted by Gasteiger charge is 2.23. The molecule has 2 rings (SSSR count). The van der Waals surface area contributed by atoms with E-state index in [9.17, 15) is 8.42 Å². The van der Waals surface area contributed by atoms with Crippen LogP contribution < -0.4 is 5.73 Å². The van der Waals surface area contributed by atoms with Gasteiger partial charge in [0.25, 0.3) is 0 Å². The third-order valence-electron chi connectivity index (χ3n) is 3.08. The minimum absolute atomic E-state index is 0.163. The molecule has 0 saturated heterocycles. The summed E-state index contributed by atoms with van der Waals surface area (Å²) >= 11 is 3.40. The van der Waals surface area contributed by atoms with Crippen LogP contribution in [0.3, 0.4) is 0 Å². The van der Waals surface area contributed by atoms with Crippen molar-refractivity contribution in [1.29, 1.82) is 0 Å². The van der Waals surface area contributed by atoms with Gasteiger partial charge in [0.2, 0.25) is 0 Å². The zero-order chi connectivity index (χ0) is 13.3. The molecule has 0 atom stereocenters. The van der Waals surface area contributed by atoms with Crippen LogP contribution in [0.15, 0.2) is 4.47 Å². The van der Waals surface area contributed by atoms with Crippen LogP contribution in [0.25, 0.3) is 0 Å². The smallest absolute Gasteiger partial charge is 0.154 e. The van der Waals surface area contributed by atoms with Gasteiger partial charge in [-0.1, -0.05) is 12.8 Å². The van der Waals surface area contributed by atoms with Crippen molar-refractivity contribution in [2.75, 3.05) is 12.0 Å². The Kier molecular flexibility index (Phi) is 3.91. The summed E-state index contributed by atoms with van der Waals surface area (Å²) in [4.78, 5) is 8.41. The lowest BCUT2D eigenvalue weighted by molar-refractivity contribution is 0.599. The van der Waals surface area contributed by atoms with Crippen LogP contribution in [-0.2, 0) is 15.6 Å². The zero-order valence-corrected chi connectivity index (χ0v) is 12.6. The number of anilines is 1. The molecule has 1 fully saturated rings. The van der Waals surface area contributed by atoms with Gasteiger partial charge in [-0.2, -0.15) is 0 Å². The van der Waals surface area contributed by atoms with E-state index in [4.69, 9.17) is 5.73 Å². The lowest BCUT2D eigenvalue weighted by Gasteiger charge is -2.13. The van der Waals surface area contributed by atoms with Crippen molar-refractivity contribution in [3.63, 3.8) is 0 Å². The van der Waals surface area contributed by atoms with Gasteiger partial charge in [-0.05, 0) is 28.8 Å². The molecule has 0 aliphatic heterocycles. The summed E-state index contributed by atoms with van der Waals surface area (Å²) in [5.74, 6) is 0.818. The van der Waals surface area contributed by atoms with Crippen LogP contribution in [0.4, 0.5) is 5.82 Å². The summed E-state index contributed by atoms with van der Waals surface area (Å²) in [7, 11) is -3.14. The molecule has 100 valence electrons. The summed E-state index contributed by atoms with van der Waals surface area (Å²) in [5.41, 5.74) is 6.67. The maximum atomic E-state index is 11.3. The average molecular weight is 334 g/mol. The van der Waals surface area contributed by atoms with E-state index in [-0.39, 0.29) is 5.75 Å². The fraction of sp³-hybridized carbons (Fsp3) is 0.636. The Bertz CT molecular complexity index is 554. The van der Waals surface area contributed by atoms with Gasteiger partial charge in [-0.3, -0.25) is 0 Å². The second-order valence-corrected chi connectivity index (χ2v) is 7.71. The van der Waals surface area contributed by atoms with Gasteiger partial charge in [-0.15, -0.1) is 0 Å². The third-order valence-corrected chi connectivity index (χ3v) is 4.68. The number of sulfone groups is 1. The second-order valence-electron chi connectivity index (χ2n) is 4.78. The quantitative estimate of drug-likeness (QED) is 0.914. The Balaban J connectivity index is 2.39. The van der Waals surface area contributed by atoms with Gasteiger partial charge in [-0.25, -0.2) is 18.4 Å². The normalized spacial score (nSPS) is 17.2. The van der Waals surface area contributed by atoms with Crippen LogP contribution in [-0.4, -0.2) is 24.6 Å². The summed E-state index contributed by atoms with van der Waals surface area (Å²) < 4.78 is 23.3. The number of hydrogen-bond acceptors (Lipinski definition) is 5. The molecule has 0 unspecified atom stereocenters. The molecule has 1 heterocycles. The third kappa shape index (κ3) is 3.20. The van der Waals surface area contributed by atoms with Gasteiger partial charge in [0, 0.05) is 12.2 Å². The van der Waals surface area contributed by atoms with E-state index in [0.29, 0.717) is 22.0 Å². The Labute approximate surface area is 115 Å². The van der Waals surface area contributed by atoms with Crippen molar-refractivity contribution >= 4 is 31.6 Å². The van der Waals surface area contributed by atoms with E-state index in [2.05, 4.69) is 25.9 Å². The molecule has 1 aliphatic rings. The molecule has 0 amide bonds. The molecule has 7 heteroatoms. The highest BCUT2D eigenvalue weighted by molar-refractivity contribution is 9.10. The number of nitrogens with two attached hydrogens (primary N) is 1. The number of nitrogen functional groups attached to an aromatic ring is 1. The predicted molar refractivity (Wildman–Crippen MR) is 73.9 cm³/mol. The first-order chi connectivity index (χ1) is 8.37. The minimum atomic E-state index is -3.14. The van der Waals surface area contributed by atoms with Crippen LogP contribution >= 0.6 is 15.9 Å². The zero-order valence-electron chi connectivity index (χ0n) is 10.2. The first-order valence-electron chi connectivity index (χ1n) is 5.86. The van der Waals surface area contributed by atoms with E-state index < -0.39 is 9.84 Å². The lowest BCUT2D eigenvalue weighted by Crippen LogP contribution is -2.11. The molecular formula is C11H16BrN3O2S. The van der Waals surface area contributed by atoms with Crippen molar-refractivity contribution in [3.8, 4) is 0 Å². The van der Waals surface area contributed by atoms with Gasteiger partial charge in [0.05, 0.1) is 10.2 Å². The molecule has 1 saturated carbocycles. The fourth-order valence-electron chi connectivity index (χ4n) is 2.30. The molecule has 0 bridgehead atoms. The van der Waals surface area contributed by atoms with Gasteiger partial charge >= 0.3 is 0 Å². The number of nitrogens with zero attached hydrogens (tertiary/aromatic N) is 2. The predicted octanol–water partition coefficient (Wildman–Crippen LogP) is 2.02. The largest absolute Gasteiger partial charge is 0.383 e. The Hall–Kier alpha value is -0.690. The SMILES string of the molecule is CS(=O)(=O)Cc1nc(N)c(Br)c(C2CCCC2)n1. The molecule has 18 heavy (non-hydrogen) atoms. The maximum Gasteiger partial charge on any atom is 0.154 e. The van der Waals surface area contributed by atoms with Gasteiger partial charge < -0.3 is 5.73 Å². The van der Waals surface area contributed by atoms with E-state index in [1.165, 1.54) is 19.1 Å². The molecule has 2 N–H and O–H groups in total. The average Bonchev–Trinajstić information content (AvgIpc) is 2.74. The first-order valence-corrected chi connectivity index (χ1v) is 8.71. The van der Waals surface area contributed by atoms with Gasteiger partial charge in [0.15, 0.2) is 9.84 Å². The number of aromatic nitrogens is 2. The monoisotopic (exact) mass is 333 g/mol. The molecule has 0 spiro atoms. The number of rotatable bonds is 3. The Morgan fingerprint density at radius 3 is 2.50 bits per heavy atom. The van der Waals surface area contributed by atoms with E-state index in [0.717, 1.165) is 18.5 Å². The lowest BCUT2D eigenvalue weighted by atomic mass is 10.0. The molecule has 1 aromatic rings. The molecule has 0 radical (unpaired) electrons. The summed E-state index contributed by atoms with van der Waals surface area (Å²) in [6.07, 6.45) is 5.69. The van der Waals surface area contributed by atoms with Crippen LogP contribution in [0.5, 0.6) is 0 Å². The number of halogens is 1. The van der Waals surface area contributed by atoms with Crippen LogP contribution in [0.2, 0.25) is 0 Å². The molecular weight excluding hydrogens is 318 g/mol. The van der Waals surface area contributed by atoms with Crippen LogP contribution in [0, 0.1) is 0 Å². The van der Waals surface area contributed by atoms with Crippen molar-refractivity contribution in [1.82, 2.24) is 9.97 Å². The van der Waals surface area contributed by atoms with Crippen molar-refractivity contribution in [2.45, 2.75) is 37.4 Å². The minimum Gasteiger partial charge on any atom is -0.383 e. The Morgan fingerprint density at radius 2 is 1.94 bits per heavy atom. The second kappa shape index (κ2) is 5.13. The molecule has 1 aliphatic carbocycles. The fourth-order valence-corrected chi connectivity index (χ4v) is 3.40. The van der Waals surface area contributed by atoms with E-state index >= 15 is 0 Å².